The van der Waals surface area contributed by atoms with Gasteiger partial charge < -0.3 is 15.5 Å². The molecule has 1 aromatic heterocycles. The monoisotopic (exact) mass is 357 g/mol. The average Bonchev–Trinajstić information content (AvgIpc) is 2.49. The molecule has 2 N–H and O–H groups in total. The highest BCUT2D eigenvalue weighted by Gasteiger charge is 2.30. The molecule has 0 radical (unpaired) electrons. The molecule has 21 heavy (non-hydrogen) atoms. The predicted octanol–water partition coefficient (Wildman–Crippen LogP) is 0.111. The van der Waals surface area contributed by atoms with Crippen LogP contribution in [-0.2, 0) is 4.79 Å². The van der Waals surface area contributed by atoms with E-state index in [2.05, 4.69) is 31.7 Å². The summed E-state index contributed by atoms with van der Waals surface area (Å²) in [6.07, 6.45) is 1.65. The summed E-state index contributed by atoms with van der Waals surface area (Å²) in [5, 5.41) is 10.1. The zero-order chi connectivity index (χ0) is 15.6. The fourth-order valence-electron chi connectivity index (χ4n) is 2.40. The first-order valence-corrected chi connectivity index (χ1v) is 7.73. The summed E-state index contributed by atoms with van der Waals surface area (Å²) >= 11 is 3.37. The molecule has 7 nitrogen and oxygen atoms in total. The van der Waals surface area contributed by atoms with Crippen LogP contribution in [0.15, 0.2) is 15.5 Å². The van der Waals surface area contributed by atoms with Gasteiger partial charge in [-0.1, -0.05) is 0 Å². The summed E-state index contributed by atoms with van der Waals surface area (Å²) in [7, 11) is 1.61. The van der Waals surface area contributed by atoms with Crippen LogP contribution in [0.5, 0.6) is 0 Å². The van der Waals surface area contributed by atoms with E-state index in [9.17, 15) is 9.59 Å². The van der Waals surface area contributed by atoms with Gasteiger partial charge in [-0.05, 0) is 29.8 Å². The molecule has 2 rings (SSSR count). The Morgan fingerprint density at radius 1 is 1.57 bits per heavy atom. The van der Waals surface area contributed by atoms with E-state index in [4.69, 9.17) is 0 Å². The van der Waals surface area contributed by atoms with Gasteiger partial charge in [-0.15, -0.1) is 0 Å². The molecule has 1 saturated heterocycles. The largest absolute Gasteiger partial charge is 0.357 e. The van der Waals surface area contributed by atoms with Gasteiger partial charge in [-0.2, -0.15) is 5.10 Å². The number of likely N-dealkylation sites (N-methyl/N-ethyl adjacent to an activating group) is 1. The Hall–Kier alpha value is -1.41. The van der Waals surface area contributed by atoms with Crippen LogP contribution in [0.4, 0.5) is 5.69 Å². The first-order chi connectivity index (χ1) is 9.97. The van der Waals surface area contributed by atoms with Gasteiger partial charge in [0.25, 0.3) is 5.56 Å². The molecule has 8 heteroatoms. The van der Waals surface area contributed by atoms with Crippen LogP contribution in [0, 0.1) is 0 Å². The lowest BCUT2D eigenvalue weighted by molar-refractivity contribution is -0.122. The number of aromatic nitrogens is 2. The van der Waals surface area contributed by atoms with Gasteiger partial charge in [0.2, 0.25) is 5.91 Å². The molecule has 1 aliphatic heterocycles. The van der Waals surface area contributed by atoms with Gasteiger partial charge in [0.15, 0.2) is 0 Å². The SMILES string of the molecule is CNC(=O)C1CNCCN1c1cnn(C(C)C)c(=O)c1Br. The topological polar surface area (TPSA) is 79.3 Å². The summed E-state index contributed by atoms with van der Waals surface area (Å²) in [5.74, 6) is -0.0814. The molecule has 0 spiro atoms. The van der Waals surface area contributed by atoms with E-state index in [-0.39, 0.29) is 23.6 Å². The number of hydrogen-bond donors (Lipinski definition) is 2. The lowest BCUT2D eigenvalue weighted by atomic mass is 10.1. The maximum atomic E-state index is 12.3. The van der Waals surface area contributed by atoms with Crippen LogP contribution in [0.2, 0.25) is 0 Å². The minimum atomic E-state index is -0.351. The molecule has 0 bridgehead atoms. The Labute approximate surface area is 131 Å². The molecule has 1 aliphatic rings. The lowest BCUT2D eigenvalue weighted by Gasteiger charge is -2.36. The number of piperazine rings is 1. The number of nitrogens with one attached hydrogen (secondary N) is 2. The molecule has 1 atom stereocenters. The Morgan fingerprint density at radius 2 is 2.29 bits per heavy atom. The van der Waals surface area contributed by atoms with Gasteiger partial charge >= 0.3 is 0 Å². The van der Waals surface area contributed by atoms with Crippen LogP contribution in [0.1, 0.15) is 19.9 Å². The van der Waals surface area contributed by atoms with E-state index >= 15 is 0 Å². The number of amides is 1. The van der Waals surface area contributed by atoms with Crippen molar-refractivity contribution in [3.8, 4) is 0 Å². The van der Waals surface area contributed by atoms with Crippen molar-refractivity contribution >= 4 is 27.5 Å². The first-order valence-electron chi connectivity index (χ1n) is 6.93. The van der Waals surface area contributed by atoms with Gasteiger partial charge in [-0.25, -0.2) is 4.68 Å². The standard InChI is InChI=1S/C13H20BrN5O2/c1-8(2)19-13(21)11(14)9(7-17-19)18-5-4-16-6-10(18)12(20)15-3/h7-8,10,16H,4-6H2,1-3H3,(H,15,20). The van der Waals surface area contributed by atoms with Gasteiger partial charge in [0.05, 0.1) is 17.9 Å². The summed E-state index contributed by atoms with van der Waals surface area (Å²) in [5.41, 5.74) is 0.476. The number of rotatable bonds is 3. The summed E-state index contributed by atoms with van der Waals surface area (Å²) in [6.45, 7) is 5.74. The van der Waals surface area contributed by atoms with Gasteiger partial charge in [0.1, 0.15) is 10.5 Å². The second kappa shape index (κ2) is 6.57. The molecular formula is C13H20BrN5O2. The molecule has 1 aromatic rings. The molecule has 1 fully saturated rings. The fraction of sp³-hybridized carbons (Fsp3) is 0.615. The van der Waals surface area contributed by atoms with Crippen molar-refractivity contribution < 1.29 is 4.79 Å². The van der Waals surface area contributed by atoms with Gasteiger partial charge in [-0.3, -0.25) is 9.59 Å². The quantitative estimate of drug-likeness (QED) is 0.802. The zero-order valence-electron chi connectivity index (χ0n) is 12.4. The maximum absolute atomic E-state index is 12.3. The highest BCUT2D eigenvalue weighted by Crippen LogP contribution is 2.25. The Morgan fingerprint density at radius 3 is 2.90 bits per heavy atom. The van der Waals surface area contributed by atoms with Crippen LogP contribution in [0.25, 0.3) is 0 Å². The highest BCUT2D eigenvalue weighted by atomic mass is 79.9. The van der Waals surface area contributed by atoms with E-state index in [0.29, 0.717) is 23.2 Å². The fourth-order valence-corrected chi connectivity index (χ4v) is 2.91. The zero-order valence-corrected chi connectivity index (χ0v) is 14.0. The van der Waals surface area contributed by atoms with E-state index < -0.39 is 0 Å². The second-order valence-electron chi connectivity index (χ2n) is 5.21. The molecule has 1 unspecified atom stereocenters. The maximum Gasteiger partial charge on any atom is 0.283 e. The number of carbonyl (C=O) groups is 1. The number of halogens is 1. The molecule has 0 aliphatic carbocycles. The summed E-state index contributed by atoms with van der Waals surface area (Å²) in [6, 6.07) is -0.364. The predicted molar refractivity (Wildman–Crippen MR) is 84.7 cm³/mol. The van der Waals surface area contributed by atoms with Crippen molar-refractivity contribution in [2.75, 3.05) is 31.6 Å². The van der Waals surface area contributed by atoms with Crippen molar-refractivity contribution in [3.05, 3.63) is 21.0 Å². The molecule has 116 valence electrons. The molecule has 0 saturated carbocycles. The van der Waals surface area contributed by atoms with Crippen LogP contribution < -0.4 is 21.1 Å². The average molecular weight is 358 g/mol. The summed E-state index contributed by atoms with van der Waals surface area (Å²) < 4.78 is 1.87. The van der Waals surface area contributed by atoms with E-state index in [1.807, 2.05) is 18.7 Å². The molecule has 0 aromatic carbocycles. The third-order valence-corrected chi connectivity index (χ3v) is 4.26. The number of anilines is 1. The summed E-state index contributed by atoms with van der Waals surface area (Å²) in [4.78, 5) is 26.3. The van der Waals surface area contributed by atoms with E-state index in [1.165, 1.54) is 4.68 Å². The third-order valence-electron chi connectivity index (χ3n) is 3.52. The van der Waals surface area contributed by atoms with Crippen molar-refractivity contribution in [2.45, 2.75) is 25.9 Å². The minimum absolute atomic E-state index is 0.0133. The van der Waals surface area contributed by atoms with E-state index in [0.717, 1.165) is 6.54 Å². The van der Waals surface area contributed by atoms with Crippen molar-refractivity contribution in [3.63, 3.8) is 0 Å². The smallest absolute Gasteiger partial charge is 0.283 e. The number of hydrogen-bond acceptors (Lipinski definition) is 5. The van der Waals surface area contributed by atoms with Crippen molar-refractivity contribution in [1.82, 2.24) is 20.4 Å². The van der Waals surface area contributed by atoms with Crippen LogP contribution in [0.3, 0.4) is 0 Å². The van der Waals surface area contributed by atoms with Crippen molar-refractivity contribution in [2.24, 2.45) is 0 Å². The van der Waals surface area contributed by atoms with Crippen LogP contribution in [-0.4, -0.2) is 48.4 Å². The third kappa shape index (κ3) is 3.11. The Bertz CT molecular complexity index is 586. The number of carbonyl (C=O) groups excluding carboxylic acids is 1. The molecule has 2 heterocycles. The van der Waals surface area contributed by atoms with E-state index in [1.54, 1.807) is 13.2 Å². The normalized spacial score (nSPS) is 18.9. The Balaban J connectivity index is 2.42. The number of nitrogens with zero attached hydrogens (tertiary/aromatic N) is 3. The Kier molecular flexibility index (Phi) is 5.00. The minimum Gasteiger partial charge on any atom is -0.357 e. The lowest BCUT2D eigenvalue weighted by Crippen LogP contribution is -2.58. The van der Waals surface area contributed by atoms with Gasteiger partial charge in [0, 0.05) is 26.7 Å². The van der Waals surface area contributed by atoms with Crippen molar-refractivity contribution in [1.29, 1.82) is 0 Å². The highest BCUT2D eigenvalue weighted by molar-refractivity contribution is 9.10. The first kappa shape index (κ1) is 16.0. The second-order valence-corrected chi connectivity index (χ2v) is 6.01. The molecule has 1 amide bonds. The molecular weight excluding hydrogens is 338 g/mol. The van der Waals surface area contributed by atoms with Crippen LogP contribution >= 0.6 is 15.9 Å².